The molecule has 4 nitrogen and oxygen atoms in total. The molecule has 2 aromatic rings. The van der Waals surface area contributed by atoms with Gasteiger partial charge in [0.15, 0.2) is 0 Å². The van der Waals surface area contributed by atoms with Crippen LogP contribution in [0.25, 0.3) is 0 Å². The normalized spacial score (nSPS) is 10.0. The number of carbonyl (C=O) groups is 1. The van der Waals surface area contributed by atoms with Crippen molar-refractivity contribution in [3.05, 3.63) is 60.2 Å². The van der Waals surface area contributed by atoms with Crippen LogP contribution in [-0.2, 0) is 11.2 Å². The summed E-state index contributed by atoms with van der Waals surface area (Å²) in [6, 6.07) is 17.4. The molecule has 0 radical (unpaired) electrons. The molecule has 0 aromatic heterocycles. The van der Waals surface area contributed by atoms with E-state index in [0.29, 0.717) is 19.6 Å². The van der Waals surface area contributed by atoms with Crippen LogP contribution in [0.1, 0.15) is 12.0 Å². The number of methoxy groups -OCH3 is 1. The molecule has 0 unspecified atom stereocenters. The SMILES string of the molecule is COc1ccc(OCCNC(=O)CCc2ccccc2)cc1. The number of aryl methyl sites for hydroxylation is 1. The number of nitrogens with one attached hydrogen (secondary N) is 1. The zero-order valence-electron chi connectivity index (χ0n) is 12.7. The van der Waals surface area contributed by atoms with Crippen molar-refractivity contribution in [2.75, 3.05) is 20.3 Å². The highest BCUT2D eigenvalue weighted by atomic mass is 16.5. The maximum absolute atomic E-state index is 11.7. The van der Waals surface area contributed by atoms with Gasteiger partial charge in [-0.05, 0) is 36.2 Å². The first-order valence-electron chi connectivity index (χ1n) is 7.35. The van der Waals surface area contributed by atoms with Gasteiger partial charge in [0.05, 0.1) is 13.7 Å². The van der Waals surface area contributed by atoms with E-state index in [9.17, 15) is 4.79 Å². The lowest BCUT2D eigenvalue weighted by atomic mass is 10.1. The van der Waals surface area contributed by atoms with E-state index in [2.05, 4.69) is 5.32 Å². The van der Waals surface area contributed by atoms with Crippen molar-refractivity contribution in [2.45, 2.75) is 12.8 Å². The lowest BCUT2D eigenvalue weighted by molar-refractivity contribution is -0.121. The maximum Gasteiger partial charge on any atom is 0.220 e. The summed E-state index contributed by atoms with van der Waals surface area (Å²) < 4.78 is 10.6. The van der Waals surface area contributed by atoms with Crippen LogP contribution < -0.4 is 14.8 Å². The van der Waals surface area contributed by atoms with E-state index in [0.717, 1.165) is 17.9 Å². The van der Waals surface area contributed by atoms with Gasteiger partial charge in [-0.3, -0.25) is 4.79 Å². The van der Waals surface area contributed by atoms with Crippen molar-refractivity contribution in [1.82, 2.24) is 5.32 Å². The Morgan fingerprint density at radius 2 is 1.68 bits per heavy atom. The van der Waals surface area contributed by atoms with Crippen molar-refractivity contribution >= 4 is 5.91 Å². The number of amides is 1. The number of ether oxygens (including phenoxy) is 2. The van der Waals surface area contributed by atoms with E-state index in [1.807, 2.05) is 54.6 Å². The van der Waals surface area contributed by atoms with E-state index in [-0.39, 0.29) is 5.91 Å². The molecule has 0 aliphatic rings. The lowest BCUT2D eigenvalue weighted by Gasteiger charge is -2.08. The molecule has 0 aliphatic heterocycles. The molecule has 0 saturated heterocycles. The third-order valence-electron chi connectivity index (χ3n) is 3.24. The summed E-state index contributed by atoms with van der Waals surface area (Å²) in [6.07, 6.45) is 1.25. The summed E-state index contributed by atoms with van der Waals surface area (Å²) in [6.45, 7) is 0.947. The lowest BCUT2D eigenvalue weighted by Crippen LogP contribution is -2.28. The average Bonchev–Trinajstić information content (AvgIpc) is 2.58. The molecule has 0 heterocycles. The molecule has 0 bridgehead atoms. The highest BCUT2D eigenvalue weighted by Crippen LogP contribution is 2.16. The van der Waals surface area contributed by atoms with Crippen molar-refractivity contribution in [1.29, 1.82) is 0 Å². The Bertz CT molecular complexity index is 567. The van der Waals surface area contributed by atoms with Gasteiger partial charge in [-0.15, -0.1) is 0 Å². The van der Waals surface area contributed by atoms with E-state index in [4.69, 9.17) is 9.47 Å². The van der Waals surface area contributed by atoms with Gasteiger partial charge in [-0.25, -0.2) is 0 Å². The fourth-order valence-corrected chi connectivity index (χ4v) is 2.02. The van der Waals surface area contributed by atoms with Crippen LogP contribution >= 0.6 is 0 Å². The highest BCUT2D eigenvalue weighted by Gasteiger charge is 2.02. The summed E-state index contributed by atoms with van der Waals surface area (Å²) >= 11 is 0. The molecule has 0 aliphatic carbocycles. The third kappa shape index (κ3) is 5.48. The molecule has 2 rings (SSSR count). The zero-order chi connectivity index (χ0) is 15.6. The topological polar surface area (TPSA) is 47.6 Å². The minimum Gasteiger partial charge on any atom is -0.497 e. The molecule has 4 heteroatoms. The molecule has 2 aromatic carbocycles. The largest absolute Gasteiger partial charge is 0.497 e. The molecule has 0 atom stereocenters. The summed E-state index contributed by atoms with van der Waals surface area (Å²) in [5.41, 5.74) is 1.17. The van der Waals surface area contributed by atoms with Gasteiger partial charge in [-0.1, -0.05) is 30.3 Å². The predicted octanol–water partition coefficient (Wildman–Crippen LogP) is 2.82. The predicted molar refractivity (Wildman–Crippen MR) is 86.3 cm³/mol. The number of carbonyl (C=O) groups excluding carboxylic acids is 1. The van der Waals surface area contributed by atoms with E-state index >= 15 is 0 Å². The molecule has 22 heavy (non-hydrogen) atoms. The highest BCUT2D eigenvalue weighted by molar-refractivity contribution is 5.76. The molecule has 116 valence electrons. The van der Waals surface area contributed by atoms with Gasteiger partial charge in [0.25, 0.3) is 0 Å². The smallest absolute Gasteiger partial charge is 0.220 e. The second-order valence-corrected chi connectivity index (χ2v) is 4.86. The molecule has 0 fully saturated rings. The van der Waals surface area contributed by atoms with Crippen LogP contribution in [0, 0.1) is 0 Å². The summed E-state index contributed by atoms with van der Waals surface area (Å²) in [7, 11) is 1.63. The first kappa shape index (κ1) is 15.9. The number of hydrogen-bond acceptors (Lipinski definition) is 3. The first-order valence-corrected chi connectivity index (χ1v) is 7.35. The first-order chi connectivity index (χ1) is 10.8. The summed E-state index contributed by atoms with van der Waals surface area (Å²) in [4.78, 5) is 11.7. The Hall–Kier alpha value is -2.49. The van der Waals surface area contributed by atoms with Crippen LogP contribution in [0.3, 0.4) is 0 Å². The van der Waals surface area contributed by atoms with Crippen molar-refractivity contribution in [3.8, 4) is 11.5 Å². The Morgan fingerprint density at radius 3 is 2.36 bits per heavy atom. The van der Waals surface area contributed by atoms with Crippen molar-refractivity contribution in [3.63, 3.8) is 0 Å². The zero-order valence-corrected chi connectivity index (χ0v) is 12.7. The summed E-state index contributed by atoms with van der Waals surface area (Å²) in [5.74, 6) is 1.60. The second kappa shape index (κ2) is 8.72. The van der Waals surface area contributed by atoms with Crippen LogP contribution in [0.2, 0.25) is 0 Å². The van der Waals surface area contributed by atoms with Gasteiger partial charge < -0.3 is 14.8 Å². The van der Waals surface area contributed by atoms with E-state index in [1.54, 1.807) is 7.11 Å². The monoisotopic (exact) mass is 299 g/mol. The fourth-order valence-electron chi connectivity index (χ4n) is 2.02. The molecule has 1 amide bonds. The third-order valence-corrected chi connectivity index (χ3v) is 3.24. The van der Waals surface area contributed by atoms with Gasteiger partial charge in [0.1, 0.15) is 18.1 Å². The standard InChI is InChI=1S/C18H21NO3/c1-21-16-8-10-17(11-9-16)22-14-13-19-18(20)12-7-15-5-3-2-4-6-15/h2-6,8-11H,7,12-14H2,1H3,(H,19,20). The van der Waals surface area contributed by atoms with Crippen LogP contribution in [0.5, 0.6) is 11.5 Å². The van der Waals surface area contributed by atoms with Gasteiger partial charge in [0.2, 0.25) is 5.91 Å². The molecule has 0 saturated carbocycles. The van der Waals surface area contributed by atoms with Gasteiger partial charge >= 0.3 is 0 Å². The molecular formula is C18H21NO3. The Labute approximate surface area is 131 Å². The van der Waals surface area contributed by atoms with Gasteiger partial charge in [0, 0.05) is 6.42 Å². The maximum atomic E-state index is 11.7. The minimum absolute atomic E-state index is 0.0437. The van der Waals surface area contributed by atoms with E-state index < -0.39 is 0 Å². The number of hydrogen-bond donors (Lipinski definition) is 1. The minimum atomic E-state index is 0.0437. The molecule has 1 N–H and O–H groups in total. The average molecular weight is 299 g/mol. The van der Waals surface area contributed by atoms with Crippen LogP contribution in [-0.4, -0.2) is 26.2 Å². The van der Waals surface area contributed by atoms with Crippen molar-refractivity contribution in [2.24, 2.45) is 0 Å². The van der Waals surface area contributed by atoms with Gasteiger partial charge in [-0.2, -0.15) is 0 Å². The summed E-state index contributed by atoms with van der Waals surface area (Å²) in [5, 5.41) is 2.86. The quantitative estimate of drug-likeness (QED) is 0.763. The van der Waals surface area contributed by atoms with Crippen LogP contribution in [0.4, 0.5) is 0 Å². The van der Waals surface area contributed by atoms with Crippen LogP contribution in [0.15, 0.2) is 54.6 Å². The molecule has 0 spiro atoms. The second-order valence-electron chi connectivity index (χ2n) is 4.86. The molecular weight excluding hydrogens is 278 g/mol. The fraction of sp³-hybridized carbons (Fsp3) is 0.278. The number of rotatable bonds is 8. The Kier molecular flexibility index (Phi) is 6.30. The number of benzene rings is 2. The van der Waals surface area contributed by atoms with Crippen molar-refractivity contribution < 1.29 is 14.3 Å². The Balaban J connectivity index is 1.60. The van der Waals surface area contributed by atoms with E-state index in [1.165, 1.54) is 5.56 Å². The Morgan fingerprint density at radius 1 is 1.00 bits per heavy atom.